The van der Waals surface area contributed by atoms with E-state index in [2.05, 4.69) is 4.72 Å². The van der Waals surface area contributed by atoms with Crippen molar-refractivity contribution in [3.8, 4) is 0 Å². The van der Waals surface area contributed by atoms with Gasteiger partial charge in [-0.05, 0) is 48.2 Å². The number of fused-ring (bicyclic) bond motifs is 1. The number of hydrogen-bond donors (Lipinski definition) is 1. The number of carbonyl (C=O) groups is 2. The van der Waals surface area contributed by atoms with E-state index < -0.39 is 16.0 Å². The third kappa shape index (κ3) is 5.28. The Labute approximate surface area is 190 Å². The highest BCUT2D eigenvalue weighted by Crippen LogP contribution is 2.37. The molecule has 0 radical (unpaired) electrons. The van der Waals surface area contributed by atoms with Gasteiger partial charge in [0.05, 0.1) is 19.2 Å². The van der Waals surface area contributed by atoms with Gasteiger partial charge in [0.25, 0.3) is 10.0 Å². The van der Waals surface area contributed by atoms with Crippen LogP contribution >= 0.6 is 22.9 Å². The minimum absolute atomic E-state index is 0.0359. The van der Waals surface area contributed by atoms with Crippen LogP contribution in [0.2, 0.25) is 5.02 Å². The summed E-state index contributed by atoms with van der Waals surface area (Å²) in [7, 11) is -2.84. The maximum atomic E-state index is 13.1. The summed E-state index contributed by atoms with van der Waals surface area (Å²) in [6.07, 6.45) is 3.72. The molecule has 0 spiro atoms. The minimum Gasteiger partial charge on any atom is -0.465 e. The Morgan fingerprint density at radius 2 is 1.94 bits per heavy atom. The van der Waals surface area contributed by atoms with Gasteiger partial charge in [-0.15, -0.1) is 11.3 Å². The highest BCUT2D eigenvalue weighted by atomic mass is 35.5. The van der Waals surface area contributed by atoms with Gasteiger partial charge < -0.3 is 9.64 Å². The fraction of sp³-hybridized carbons (Fsp3) is 0.333. The van der Waals surface area contributed by atoms with Crippen LogP contribution in [0.5, 0.6) is 0 Å². The monoisotopic (exact) mass is 482 g/mol. The van der Waals surface area contributed by atoms with Gasteiger partial charge in [0.1, 0.15) is 0 Å². The number of nitrogens with one attached hydrogen (secondary N) is 1. The number of thiophene rings is 1. The normalized spacial score (nSPS) is 14.0. The number of rotatable bonds is 6. The summed E-state index contributed by atoms with van der Waals surface area (Å²) in [5, 5.41) is 0.473. The van der Waals surface area contributed by atoms with Gasteiger partial charge in [-0.3, -0.25) is 9.52 Å². The summed E-state index contributed by atoms with van der Waals surface area (Å²) >= 11 is 6.84. The van der Waals surface area contributed by atoms with E-state index in [-0.39, 0.29) is 28.1 Å². The zero-order valence-corrected chi connectivity index (χ0v) is 19.7. The van der Waals surface area contributed by atoms with Crippen molar-refractivity contribution in [1.29, 1.82) is 0 Å². The molecule has 1 aliphatic rings. The zero-order chi connectivity index (χ0) is 22.8. The molecular formula is C21H23ClN2O5S2. The lowest BCUT2D eigenvalue weighted by molar-refractivity contribution is -0.126. The number of ether oxygens (including phenoxy) is 1. The second-order valence-electron chi connectivity index (χ2n) is 7.38. The fourth-order valence-electron chi connectivity index (χ4n) is 3.16. The predicted molar refractivity (Wildman–Crippen MR) is 121 cm³/mol. The number of nitrogens with zero attached hydrogens (tertiary/aromatic N) is 1. The lowest BCUT2D eigenvalue weighted by atomic mass is 10.0. The van der Waals surface area contributed by atoms with Gasteiger partial charge in [-0.2, -0.15) is 0 Å². The van der Waals surface area contributed by atoms with Gasteiger partial charge in [0.15, 0.2) is 4.21 Å². The van der Waals surface area contributed by atoms with Gasteiger partial charge in [-0.25, -0.2) is 13.2 Å². The van der Waals surface area contributed by atoms with E-state index in [1.807, 2.05) is 19.9 Å². The third-order valence-corrected chi connectivity index (χ3v) is 8.06. The number of methoxy groups -OCH3 is 1. The number of amides is 1. The quantitative estimate of drug-likeness (QED) is 0.494. The largest absolute Gasteiger partial charge is 0.465 e. The van der Waals surface area contributed by atoms with Gasteiger partial charge in [0.2, 0.25) is 5.91 Å². The first kappa shape index (κ1) is 23.3. The first-order valence-corrected chi connectivity index (χ1v) is 12.3. The Balaban J connectivity index is 1.96. The van der Waals surface area contributed by atoms with Crippen LogP contribution in [-0.2, 0) is 32.5 Å². The molecule has 0 saturated carbocycles. The third-order valence-electron chi connectivity index (χ3n) is 4.69. The van der Waals surface area contributed by atoms with Gasteiger partial charge in [0, 0.05) is 22.1 Å². The molecule has 1 aromatic heterocycles. The first-order valence-electron chi connectivity index (χ1n) is 9.60. The number of benzene rings is 1. The molecule has 7 nitrogen and oxygen atoms in total. The fourth-order valence-corrected chi connectivity index (χ4v) is 6.25. The van der Waals surface area contributed by atoms with Crippen LogP contribution in [0.4, 0.5) is 5.69 Å². The average molecular weight is 483 g/mol. The smallest absolute Gasteiger partial charge is 0.340 e. The second kappa shape index (κ2) is 9.42. The molecule has 10 heteroatoms. The summed E-state index contributed by atoms with van der Waals surface area (Å²) in [6, 6.07) is 6.20. The SMILES string of the molecule is COC(=O)c1c(S(=O)(=O)Nc2ccc(Cl)cc2)sc2c1CCN(C(=O)/C=C/C(C)C)C2. The van der Waals surface area contributed by atoms with E-state index in [0.29, 0.717) is 34.1 Å². The molecule has 0 atom stereocenters. The lowest BCUT2D eigenvalue weighted by Gasteiger charge is -2.26. The van der Waals surface area contributed by atoms with Crippen molar-refractivity contribution < 1.29 is 22.7 Å². The highest BCUT2D eigenvalue weighted by Gasteiger charge is 2.34. The molecule has 0 fully saturated rings. The molecule has 1 N–H and O–H groups in total. The van der Waals surface area contributed by atoms with Crippen LogP contribution in [0.15, 0.2) is 40.6 Å². The summed E-state index contributed by atoms with van der Waals surface area (Å²) < 4.78 is 33.4. The highest BCUT2D eigenvalue weighted by molar-refractivity contribution is 7.94. The van der Waals surface area contributed by atoms with Crippen molar-refractivity contribution in [2.45, 2.75) is 31.0 Å². The molecule has 2 heterocycles. The molecule has 2 aromatic rings. The van der Waals surface area contributed by atoms with Crippen molar-refractivity contribution in [3.05, 3.63) is 57.4 Å². The molecule has 1 amide bonds. The van der Waals surface area contributed by atoms with E-state index in [4.69, 9.17) is 16.3 Å². The van der Waals surface area contributed by atoms with Crippen LogP contribution in [0.1, 0.15) is 34.6 Å². The van der Waals surface area contributed by atoms with Crippen LogP contribution < -0.4 is 4.72 Å². The van der Waals surface area contributed by atoms with Crippen LogP contribution in [0, 0.1) is 5.92 Å². The molecule has 31 heavy (non-hydrogen) atoms. The standard InChI is InChI=1S/C21H23ClN2O5S2/c1-13(2)4-9-18(25)24-11-10-16-17(12-24)30-21(19(16)20(26)29-3)31(27,28)23-15-7-5-14(22)6-8-15/h4-9,13,23H,10-12H2,1-3H3/b9-4+. The van der Waals surface area contributed by atoms with Crippen LogP contribution in [-0.4, -0.2) is 38.8 Å². The number of sulfonamides is 1. The number of carbonyl (C=O) groups excluding carboxylic acids is 2. The number of anilines is 1. The van der Waals surface area contributed by atoms with Crippen molar-refractivity contribution in [1.82, 2.24) is 4.90 Å². The molecule has 3 rings (SSSR count). The lowest BCUT2D eigenvalue weighted by Crippen LogP contribution is -2.34. The number of allylic oxidation sites excluding steroid dienone is 1. The van der Waals surface area contributed by atoms with E-state index in [0.717, 1.165) is 11.3 Å². The average Bonchev–Trinajstić information content (AvgIpc) is 3.12. The summed E-state index contributed by atoms with van der Waals surface area (Å²) in [4.78, 5) is 27.3. The van der Waals surface area contributed by atoms with Crippen molar-refractivity contribution in [3.63, 3.8) is 0 Å². The molecule has 1 aromatic carbocycles. The van der Waals surface area contributed by atoms with E-state index in [1.165, 1.54) is 25.3 Å². The van der Waals surface area contributed by atoms with Crippen molar-refractivity contribution in [2.24, 2.45) is 5.92 Å². The topological polar surface area (TPSA) is 92.8 Å². The van der Waals surface area contributed by atoms with Crippen LogP contribution in [0.25, 0.3) is 0 Å². The van der Waals surface area contributed by atoms with E-state index >= 15 is 0 Å². The number of halogens is 1. The Bertz CT molecular complexity index is 1120. The Hall–Kier alpha value is -2.36. The summed E-state index contributed by atoms with van der Waals surface area (Å²) in [6.45, 7) is 4.58. The second-order valence-corrected chi connectivity index (χ2v) is 10.8. The molecule has 0 saturated heterocycles. The Morgan fingerprint density at radius 3 is 2.55 bits per heavy atom. The van der Waals surface area contributed by atoms with E-state index in [1.54, 1.807) is 17.0 Å². The molecule has 0 bridgehead atoms. The molecule has 1 aliphatic heterocycles. The van der Waals surface area contributed by atoms with Gasteiger partial charge >= 0.3 is 5.97 Å². The first-order chi connectivity index (χ1) is 14.6. The summed E-state index contributed by atoms with van der Waals surface area (Å²) in [5.74, 6) is -0.614. The molecule has 166 valence electrons. The molecule has 0 aliphatic carbocycles. The van der Waals surface area contributed by atoms with E-state index in [9.17, 15) is 18.0 Å². The Morgan fingerprint density at radius 1 is 1.26 bits per heavy atom. The van der Waals surface area contributed by atoms with Crippen LogP contribution in [0.3, 0.4) is 0 Å². The number of hydrogen-bond acceptors (Lipinski definition) is 6. The molecule has 0 unspecified atom stereocenters. The maximum Gasteiger partial charge on any atom is 0.340 e. The maximum absolute atomic E-state index is 13.1. The summed E-state index contributed by atoms with van der Waals surface area (Å²) in [5.41, 5.74) is 0.973. The minimum atomic E-state index is -4.06. The van der Waals surface area contributed by atoms with Crippen molar-refractivity contribution in [2.75, 3.05) is 18.4 Å². The van der Waals surface area contributed by atoms with Gasteiger partial charge in [-0.1, -0.05) is 31.5 Å². The number of esters is 1. The zero-order valence-electron chi connectivity index (χ0n) is 17.3. The Kier molecular flexibility index (Phi) is 7.08. The van der Waals surface area contributed by atoms with Crippen molar-refractivity contribution >= 4 is 50.5 Å². The molecular weight excluding hydrogens is 460 g/mol. The predicted octanol–water partition coefficient (Wildman–Crippen LogP) is 4.09.